The van der Waals surface area contributed by atoms with E-state index in [4.69, 9.17) is 28.4 Å². The number of ether oxygens (including phenoxy) is 7. The minimum absolute atomic E-state index is 0.196. The average Bonchev–Trinajstić information content (AvgIpc) is 3.10. The second-order valence-corrected chi connectivity index (χ2v) is 14.2. The highest BCUT2D eigenvalue weighted by atomic mass is 19.4. The van der Waals surface area contributed by atoms with Gasteiger partial charge >= 0.3 is 54.0 Å². The van der Waals surface area contributed by atoms with Crippen molar-refractivity contribution in [2.45, 2.75) is 77.5 Å². The van der Waals surface area contributed by atoms with Crippen LogP contribution in [0.25, 0.3) is 0 Å². The molecule has 0 amide bonds. The van der Waals surface area contributed by atoms with Gasteiger partial charge in [0.05, 0.1) is 30.7 Å². The van der Waals surface area contributed by atoms with Crippen molar-refractivity contribution in [2.75, 3.05) is 52.9 Å². The van der Waals surface area contributed by atoms with Crippen LogP contribution in [-0.4, -0.2) is 119 Å². The predicted octanol–water partition coefficient (Wildman–Crippen LogP) is 7.08. The van der Waals surface area contributed by atoms with Crippen LogP contribution in [0.3, 0.4) is 0 Å². The Morgan fingerprint density at radius 1 is 0.433 bits per heavy atom. The number of carbonyl (C=O) groups excluding carboxylic acids is 5. The Bertz CT molecular complexity index is 1560. The number of halogens is 11. The van der Waals surface area contributed by atoms with E-state index in [9.17, 15) is 67.9 Å². The molecular weight excluding hydrogens is 845 g/mol. The summed E-state index contributed by atoms with van der Waals surface area (Å²) in [6.07, 6.45) is -19.2. The van der Waals surface area contributed by atoms with E-state index in [2.05, 4.69) is 37.6 Å². The van der Waals surface area contributed by atoms with Crippen LogP contribution in [0.5, 0.6) is 0 Å². The van der Waals surface area contributed by atoms with E-state index in [1.807, 2.05) is 0 Å². The molecule has 2 atom stereocenters. The molecule has 0 aromatic heterocycles. The molecule has 0 heterocycles. The number of alkyl halides is 11. The van der Waals surface area contributed by atoms with Crippen LogP contribution >= 0.6 is 0 Å². The van der Waals surface area contributed by atoms with Crippen LogP contribution in [-0.2, 0) is 57.1 Å². The molecule has 12 nitrogen and oxygen atoms in total. The van der Waals surface area contributed by atoms with Gasteiger partial charge in [0, 0.05) is 27.9 Å². The van der Waals surface area contributed by atoms with Crippen LogP contribution in [0.4, 0.5) is 48.3 Å². The normalized spacial score (nSPS) is 14.2. The van der Waals surface area contributed by atoms with Crippen molar-refractivity contribution >= 4 is 29.8 Å². The van der Waals surface area contributed by atoms with Gasteiger partial charge in [0.25, 0.3) is 0 Å². The van der Waals surface area contributed by atoms with Gasteiger partial charge in [-0.05, 0) is 41.5 Å². The van der Waals surface area contributed by atoms with Crippen molar-refractivity contribution < 1.29 is 105 Å². The first-order chi connectivity index (χ1) is 26.9. The van der Waals surface area contributed by atoms with Gasteiger partial charge in [-0.2, -0.15) is 43.9 Å². The van der Waals surface area contributed by atoms with Gasteiger partial charge in [0.2, 0.25) is 5.67 Å². The summed E-state index contributed by atoms with van der Waals surface area (Å²) in [6, 6.07) is 0. The number of hydrogen-bond acceptors (Lipinski definition) is 12. The lowest BCUT2D eigenvalue weighted by molar-refractivity contribution is -0.385. The molecule has 0 rings (SSSR count). The molecule has 342 valence electrons. The SMILES string of the molecule is C=C(C)C(=O)OCC(COCC(COC(=O)C(=C)C)(COC(=O)C(=C)C)COC(C(C)(F)C(F)(F)C(F)(F)F)C(F)(F)C(F)(F)F)(COC(=O)C(=C)C)COC(=O)C(=C)C. The molecule has 0 aromatic carbocycles. The summed E-state index contributed by atoms with van der Waals surface area (Å²) in [6.45, 7) is 11.5. The fourth-order valence-corrected chi connectivity index (χ4v) is 4.15. The van der Waals surface area contributed by atoms with Gasteiger partial charge < -0.3 is 33.2 Å². The number of rotatable bonds is 25. The fourth-order valence-electron chi connectivity index (χ4n) is 4.15. The van der Waals surface area contributed by atoms with Crippen LogP contribution in [0.15, 0.2) is 60.8 Å². The monoisotopic (exact) mass is 890 g/mol. The van der Waals surface area contributed by atoms with Gasteiger partial charge in [-0.25, -0.2) is 28.4 Å². The van der Waals surface area contributed by atoms with Crippen molar-refractivity contribution in [3.05, 3.63) is 60.8 Å². The van der Waals surface area contributed by atoms with Crippen molar-refractivity contribution in [1.82, 2.24) is 0 Å². The highest BCUT2D eigenvalue weighted by molar-refractivity contribution is 5.88. The van der Waals surface area contributed by atoms with E-state index in [1.165, 1.54) is 20.8 Å². The van der Waals surface area contributed by atoms with Crippen molar-refractivity contribution in [1.29, 1.82) is 0 Å². The van der Waals surface area contributed by atoms with E-state index in [0.29, 0.717) is 0 Å². The Labute approximate surface area is 337 Å². The molecule has 23 heteroatoms. The molecule has 0 aliphatic carbocycles. The van der Waals surface area contributed by atoms with E-state index < -0.39 is 148 Å². The Balaban J connectivity index is 7.77. The first-order valence-electron chi connectivity index (χ1n) is 16.8. The average molecular weight is 891 g/mol. The largest absolute Gasteiger partial charge is 0.461 e. The molecular formula is C37H45F11O12. The minimum Gasteiger partial charge on any atom is -0.461 e. The van der Waals surface area contributed by atoms with Crippen LogP contribution < -0.4 is 0 Å². The molecule has 0 bridgehead atoms. The van der Waals surface area contributed by atoms with Crippen molar-refractivity contribution in [3.63, 3.8) is 0 Å². The molecule has 2 unspecified atom stereocenters. The molecule has 0 radical (unpaired) electrons. The van der Waals surface area contributed by atoms with Gasteiger partial charge in [-0.15, -0.1) is 0 Å². The van der Waals surface area contributed by atoms with Crippen molar-refractivity contribution in [3.8, 4) is 0 Å². The van der Waals surface area contributed by atoms with Crippen molar-refractivity contribution in [2.24, 2.45) is 10.8 Å². The molecule has 0 aliphatic rings. The van der Waals surface area contributed by atoms with Crippen LogP contribution in [0.1, 0.15) is 41.5 Å². The zero-order valence-electron chi connectivity index (χ0n) is 33.3. The third kappa shape index (κ3) is 15.0. The highest BCUT2D eigenvalue weighted by Gasteiger charge is 2.79. The third-order valence-electron chi connectivity index (χ3n) is 7.83. The maximum atomic E-state index is 15.6. The predicted molar refractivity (Wildman–Crippen MR) is 186 cm³/mol. The first kappa shape index (κ1) is 55.2. The highest BCUT2D eigenvalue weighted by Crippen LogP contribution is 2.53. The third-order valence-corrected chi connectivity index (χ3v) is 7.83. The first-order valence-corrected chi connectivity index (χ1v) is 16.8. The molecule has 0 saturated heterocycles. The lowest BCUT2D eigenvalue weighted by Crippen LogP contribution is -2.67. The lowest BCUT2D eigenvalue weighted by Gasteiger charge is -2.42. The van der Waals surface area contributed by atoms with Crippen LogP contribution in [0, 0.1) is 10.8 Å². The maximum Gasteiger partial charge on any atom is 0.456 e. The van der Waals surface area contributed by atoms with E-state index >= 15 is 4.39 Å². The number of carbonyl (C=O) groups is 5. The van der Waals surface area contributed by atoms with E-state index in [0.717, 1.165) is 13.8 Å². The second-order valence-electron chi connectivity index (χ2n) is 14.2. The smallest absolute Gasteiger partial charge is 0.456 e. The molecule has 0 fully saturated rings. The molecule has 0 aliphatic heterocycles. The van der Waals surface area contributed by atoms with E-state index in [1.54, 1.807) is 0 Å². The summed E-state index contributed by atoms with van der Waals surface area (Å²) in [7, 11) is 0. The zero-order valence-corrected chi connectivity index (χ0v) is 33.3. The van der Waals surface area contributed by atoms with E-state index in [-0.39, 0.29) is 16.7 Å². The van der Waals surface area contributed by atoms with Gasteiger partial charge in [-0.1, -0.05) is 32.9 Å². The Morgan fingerprint density at radius 3 is 0.900 bits per heavy atom. The molecule has 0 aromatic rings. The van der Waals surface area contributed by atoms with Gasteiger partial charge in [0.15, 0.2) is 6.10 Å². The zero-order chi connectivity index (χ0) is 47.5. The second kappa shape index (κ2) is 21.1. The summed E-state index contributed by atoms with van der Waals surface area (Å²) in [4.78, 5) is 62.2. The Hall–Kier alpha value is -4.80. The van der Waals surface area contributed by atoms with Gasteiger partial charge in [0.1, 0.15) is 33.0 Å². The fraction of sp³-hybridized carbons (Fsp3) is 0.595. The lowest BCUT2D eigenvalue weighted by atomic mass is 9.86. The quantitative estimate of drug-likeness (QED) is 0.0399. The summed E-state index contributed by atoms with van der Waals surface area (Å²) < 4.78 is 191. The Kier molecular flexibility index (Phi) is 19.4. The number of hydrogen-bond donors (Lipinski definition) is 0. The summed E-state index contributed by atoms with van der Waals surface area (Å²) in [5.41, 5.74) is -12.2. The minimum atomic E-state index is -7.08. The summed E-state index contributed by atoms with van der Waals surface area (Å²) in [5.74, 6) is -19.8. The van der Waals surface area contributed by atoms with Crippen LogP contribution in [0.2, 0.25) is 0 Å². The topological polar surface area (TPSA) is 150 Å². The molecule has 60 heavy (non-hydrogen) atoms. The molecule has 0 N–H and O–H groups in total. The molecule has 0 spiro atoms. The summed E-state index contributed by atoms with van der Waals surface area (Å²) >= 11 is 0. The Morgan fingerprint density at radius 2 is 0.683 bits per heavy atom. The number of esters is 5. The maximum absolute atomic E-state index is 15.6. The van der Waals surface area contributed by atoms with Gasteiger partial charge in [-0.3, -0.25) is 0 Å². The summed E-state index contributed by atoms with van der Waals surface area (Å²) in [5, 5.41) is 0. The standard InChI is InChI=1S/C37H45F11O12/c1-20(2)25(49)55-14-32(15-56-26(50)21(3)4,16-57-27(51)22(5)6)12-54-13-33(17-58-28(52)23(7)8,18-59-29(53)24(9)10)19-60-30(34(39,40)36(43,44)45)31(11,38)35(41,42)37(46,47)48/h30H,1,3,5,7,9,12-19H2,2,4,6,8,10-11H3. The molecule has 0 saturated carbocycles.